The smallest absolute Gasteiger partial charge is 0.241 e. The summed E-state index contributed by atoms with van der Waals surface area (Å²) in [6.45, 7) is 1.67. The maximum absolute atomic E-state index is 13.7. The van der Waals surface area contributed by atoms with Crippen LogP contribution in [0.4, 0.5) is 4.39 Å². The van der Waals surface area contributed by atoms with E-state index >= 15 is 0 Å². The standard InChI is InChI=1S/C15H15ClFNO3S/c1-10(12-5-3-4-6-13(12)16)18-22(19,20)11-7-8-15(21-2)14(17)9-11/h3-10,18H,1-2H3. The van der Waals surface area contributed by atoms with Crippen LogP contribution in [0.2, 0.25) is 5.02 Å². The van der Waals surface area contributed by atoms with E-state index in [9.17, 15) is 12.8 Å². The number of rotatable bonds is 5. The molecule has 2 rings (SSSR count). The van der Waals surface area contributed by atoms with Gasteiger partial charge in [-0.25, -0.2) is 17.5 Å². The SMILES string of the molecule is COc1ccc(S(=O)(=O)NC(C)c2ccccc2Cl)cc1F. The van der Waals surface area contributed by atoms with Crippen molar-refractivity contribution in [1.82, 2.24) is 4.72 Å². The fraction of sp³-hybridized carbons (Fsp3) is 0.200. The number of benzene rings is 2. The molecule has 1 atom stereocenters. The Hall–Kier alpha value is -1.63. The third-order valence-corrected chi connectivity index (χ3v) is 5.02. The molecule has 0 aliphatic rings. The lowest BCUT2D eigenvalue weighted by molar-refractivity contribution is 0.385. The Morgan fingerprint density at radius 3 is 2.50 bits per heavy atom. The highest BCUT2D eigenvalue weighted by molar-refractivity contribution is 7.89. The fourth-order valence-electron chi connectivity index (χ4n) is 2.00. The van der Waals surface area contributed by atoms with E-state index in [0.29, 0.717) is 10.6 Å². The summed E-state index contributed by atoms with van der Waals surface area (Å²) in [4.78, 5) is -0.176. The van der Waals surface area contributed by atoms with E-state index in [4.69, 9.17) is 16.3 Å². The first-order valence-electron chi connectivity index (χ1n) is 6.45. The van der Waals surface area contributed by atoms with Crippen molar-refractivity contribution in [3.8, 4) is 5.75 Å². The molecule has 4 nitrogen and oxygen atoms in total. The molecular weight excluding hydrogens is 329 g/mol. The number of nitrogens with one attached hydrogen (secondary N) is 1. The van der Waals surface area contributed by atoms with E-state index in [1.807, 2.05) is 0 Å². The molecule has 2 aromatic carbocycles. The van der Waals surface area contributed by atoms with E-state index in [1.165, 1.54) is 19.2 Å². The molecule has 0 heterocycles. The molecule has 1 unspecified atom stereocenters. The van der Waals surface area contributed by atoms with Gasteiger partial charge in [-0.15, -0.1) is 0 Å². The largest absolute Gasteiger partial charge is 0.494 e. The lowest BCUT2D eigenvalue weighted by Gasteiger charge is -2.16. The third kappa shape index (κ3) is 3.58. The van der Waals surface area contributed by atoms with Crippen LogP contribution in [0, 0.1) is 5.82 Å². The van der Waals surface area contributed by atoms with E-state index < -0.39 is 21.9 Å². The Morgan fingerprint density at radius 1 is 1.23 bits per heavy atom. The second-order valence-electron chi connectivity index (χ2n) is 4.66. The zero-order chi connectivity index (χ0) is 16.3. The monoisotopic (exact) mass is 343 g/mol. The lowest BCUT2D eigenvalue weighted by Crippen LogP contribution is -2.27. The summed E-state index contributed by atoms with van der Waals surface area (Å²) in [7, 11) is -2.57. The molecule has 0 amide bonds. The molecule has 0 saturated heterocycles. The first kappa shape index (κ1) is 16.7. The maximum Gasteiger partial charge on any atom is 0.241 e. The first-order valence-corrected chi connectivity index (χ1v) is 8.31. The van der Waals surface area contributed by atoms with Gasteiger partial charge in [-0.1, -0.05) is 29.8 Å². The van der Waals surface area contributed by atoms with Gasteiger partial charge in [0.05, 0.1) is 12.0 Å². The first-order chi connectivity index (χ1) is 10.3. The van der Waals surface area contributed by atoms with E-state index in [0.717, 1.165) is 6.07 Å². The number of sulfonamides is 1. The number of hydrogen-bond donors (Lipinski definition) is 1. The predicted molar refractivity (Wildman–Crippen MR) is 83.1 cm³/mol. The maximum atomic E-state index is 13.7. The molecule has 0 radical (unpaired) electrons. The molecule has 0 aromatic heterocycles. The van der Waals surface area contributed by atoms with Crippen molar-refractivity contribution in [2.24, 2.45) is 0 Å². The van der Waals surface area contributed by atoms with Gasteiger partial charge in [-0.3, -0.25) is 0 Å². The summed E-state index contributed by atoms with van der Waals surface area (Å²) < 4.78 is 45.5. The van der Waals surface area contributed by atoms with Crippen molar-refractivity contribution in [2.45, 2.75) is 17.9 Å². The van der Waals surface area contributed by atoms with Gasteiger partial charge in [0.1, 0.15) is 0 Å². The number of ether oxygens (including phenoxy) is 1. The summed E-state index contributed by atoms with van der Waals surface area (Å²) in [5, 5.41) is 0.457. The Morgan fingerprint density at radius 2 is 1.91 bits per heavy atom. The number of halogens is 2. The highest BCUT2D eigenvalue weighted by atomic mass is 35.5. The van der Waals surface area contributed by atoms with Gasteiger partial charge in [0, 0.05) is 11.1 Å². The van der Waals surface area contributed by atoms with Crippen LogP contribution in [-0.4, -0.2) is 15.5 Å². The zero-order valence-electron chi connectivity index (χ0n) is 12.0. The molecule has 0 fully saturated rings. The minimum Gasteiger partial charge on any atom is -0.494 e. The number of hydrogen-bond acceptors (Lipinski definition) is 3. The van der Waals surface area contributed by atoms with E-state index in [2.05, 4.69) is 4.72 Å². The van der Waals surface area contributed by atoms with Crippen LogP contribution < -0.4 is 9.46 Å². The van der Waals surface area contributed by atoms with Crippen LogP contribution in [-0.2, 0) is 10.0 Å². The molecule has 0 saturated carbocycles. The topological polar surface area (TPSA) is 55.4 Å². The quantitative estimate of drug-likeness (QED) is 0.903. The van der Waals surface area contributed by atoms with Crippen LogP contribution in [0.25, 0.3) is 0 Å². The Balaban J connectivity index is 2.28. The minimum absolute atomic E-state index is 0.0156. The minimum atomic E-state index is -3.88. The van der Waals surface area contributed by atoms with Crippen molar-refractivity contribution in [1.29, 1.82) is 0 Å². The van der Waals surface area contributed by atoms with Crippen molar-refractivity contribution in [3.05, 3.63) is 58.9 Å². The van der Waals surface area contributed by atoms with Gasteiger partial charge >= 0.3 is 0 Å². The molecule has 0 bridgehead atoms. The van der Waals surface area contributed by atoms with Gasteiger partial charge in [0.2, 0.25) is 10.0 Å². The summed E-state index contributed by atoms with van der Waals surface area (Å²) in [6, 6.07) is 9.83. The van der Waals surface area contributed by atoms with Crippen LogP contribution in [0.3, 0.4) is 0 Å². The molecule has 2 aromatic rings. The summed E-state index contributed by atoms with van der Waals surface area (Å²) in [5.41, 5.74) is 0.640. The molecule has 7 heteroatoms. The van der Waals surface area contributed by atoms with Gasteiger partial charge in [0.15, 0.2) is 11.6 Å². The molecule has 0 aliphatic heterocycles. The zero-order valence-corrected chi connectivity index (χ0v) is 13.6. The predicted octanol–water partition coefficient (Wildman–Crippen LogP) is 3.53. The average molecular weight is 344 g/mol. The summed E-state index contributed by atoms with van der Waals surface area (Å²) >= 11 is 6.05. The van der Waals surface area contributed by atoms with Crippen molar-refractivity contribution < 1.29 is 17.5 Å². The van der Waals surface area contributed by atoms with Crippen molar-refractivity contribution in [3.63, 3.8) is 0 Å². The van der Waals surface area contributed by atoms with Gasteiger partial charge < -0.3 is 4.74 Å². The summed E-state index contributed by atoms with van der Waals surface area (Å²) in [6.07, 6.45) is 0. The lowest BCUT2D eigenvalue weighted by atomic mass is 10.1. The normalized spacial score (nSPS) is 12.9. The van der Waals surface area contributed by atoms with Crippen molar-refractivity contribution in [2.75, 3.05) is 7.11 Å². The Labute approximate surface area is 133 Å². The van der Waals surface area contributed by atoms with Crippen LogP contribution in [0.5, 0.6) is 5.75 Å². The highest BCUT2D eigenvalue weighted by Gasteiger charge is 2.21. The van der Waals surface area contributed by atoms with Crippen LogP contribution in [0.15, 0.2) is 47.4 Å². The van der Waals surface area contributed by atoms with E-state index in [-0.39, 0.29) is 10.6 Å². The molecular formula is C15H15ClFNO3S. The second kappa shape index (κ2) is 6.64. The molecule has 0 aliphatic carbocycles. The van der Waals surface area contributed by atoms with Gasteiger partial charge in [-0.05, 0) is 36.8 Å². The third-order valence-electron chi connectivity index (χ3n) is 3.14. The Kier molecular flexibility index (Phi) is 5.05. The molecule has 0 spiro atoms. The van der Waals surface area contributed by atoms with Gasteiger partial charge in [0.25, 0.3) is 0 Å². The number of methoxy groups -OCH3 is 1. The molecule has 118 valence electrons. The van der Waals surface area contributed by atoms with E-state index in [1.54, 1.807) is 31.2 Å². The van der Waals surface area contributed by atoms with Crippen molar-refractivity contribution >= 4 is 21.6 Å². The average Bonchev–Trinajstić information content (AvgIpc) is 2.47. The highest BCUT2D eigenvalue weighted by Crippen LogP contribution is 2.25. The fourth-order valence-corrected chi connectivity index (χ4v) is 3.54. The van der Waals surface area contributed by atoms with Crippen LogP contribution >= 0.6 is 11.6 Å². The second-order valence-corrected chi connectivity index (χ2v) is 6.78. The van der Waals surface area contributed by atoms with Crippen LogP contribution in [0.1, 0.15) is 18.5 Å². The van der Waals surface area contributed by atoms with Gasteiger partial charge in [-0.2, -0.15) is 0 Å². The molecule has 1 N–H and O–H groups in total. The molecule has 22 heavy (non-hydrogen) atoms. The Bertz CT molecular complexity index is 780. The summed E-state index contributed by atoms with van der Waals surface area (Å²) in [5.74, 6) is -0.756.